The molecule has 0 aliphatic heterocycles. The SMILES string of the molecule is CCCNC(=O)c1ccc(NC(=O)CNc2cccc(NC(=O)CCC)c2)cc1. The van der Waals surface area contributed by atoms with Crippen LogP contribution in [0.5, 0.6) is 0 Å². The molecule has 0 spiro atoms. The molecule has 0 aliphatic carbocycles. The van der Waals surface area contributed by atoms with Gasteiger partial charge in [-0.15, -0.1) is 0 Å². The summed E-state index contributed by atoms with van der Waals surface area (Å²) in [6.07, 6.45) is 2.13. The van der Waals surface area contributed by atoms with E-state index in [1.807, 2.05) is 26.0 Å². The largest absolute Gasteiger partial charge is 0.376 e. The van der Waals surface area contributed by atoms with Crippen molar-refractivity contribution in [3.05, 3.63) is 54.1 Å². The molecule has 2 rings (SSSR count). The highest BCUT2D eigenvalue weighted by Gasteiger charge is 2.07. The van der Waals surface area contributed by atoms with E-state index >= 15 is 0 Å². The molecule has 4 N–H and O–H groups in total. The highest BCUT2D eigenvalue weighted by Crippen LogP contribution is 2.15. The average molecular weight is 396 g/mol. The second-order valence-electron chi connectivity index (χ2n) is 6.61. The monoisotopic (exact) mass is 396 g/mol. The maximum absolute atomic E-state index is 12.2. The van der Waals surface area contributed by atoms with E-state index in [-0.39, 0.29) is 24.3 Å². The minimum atomic E-state index is -0.214. The van der Waals surface area contributed by atoms with Crippen LogP contribution in [0, 0.1) is 0 Å². The zero-order chi connectivity index (χ0) is 21.1. The molecule has 154 valence electrons. The predicted molar refractivity (Wildman–Crippen MR) is 116 cm³/mol. The van der Waals surface area contributed by atoms with Crippen LogP contribution in [0.3, 0.4) is 0 Å². The Balaban J connectivity index is 1.84. The molecule has 0 saturated carbocycles. The van der Waals surface area contributed by atoms with E-state index in [0.29, 0.717) is 29.9 Å². The van der Waals surface area contributed by atoms with Crippen molar-refractivity contribution >= 4 is 34.8 Å². The number of carbonyl (C=O) groups is 3. The Labute approximate surface area is 171 Å². The Morgan fingerprint density at radius 1 is 0.793 bits per heavy atom. The van der Waals surface area contributed by atoms with E-state index in [1.54, 1.807) is 36.4 Å². The van der Waals surface area contributed by atoms with Crippen LogP contribution in [0.2, 0.25) is 0 Å². The average Bonchev–Trinajstić information content (AvgIpc) is 2.71. The molecule has 2 aromatic carbocycles. The standard InChI is InChI=1S/C22H28N4O3/c1-3-6-20(27)26-19-8-5-7-18(14-19)24-15-21(28)25-17-11-9-16(10-12-17)22(29)23-13-4-2/h5,7-12,14,24H,3-4,6,13,15H2,1-2H3,(H,23,29)(H,25,28)(H,26,27). The molecule has 0 unspecified atom stereocenters. The normalized spacial score (nSPS) is 10.1. The van der Waals surface area contributed by atoms with E-state index in [2.05, 4.69) is 21.3 Å². The van der Waals surface area contributed by atoms with Crippen LogP contribution in [0.15, 0.2) is 48.5 Å². The van der Waals surface area contributed by atoms with E-state index in [4.69, 9.17) is 0 Å². The van der Waals surface area contributed by atoms with Crippen molar-refractivity contribution in [1.82, 2.24) is 5.32 Å². The molecule has 2 aromatic rings. The Morgan fingerprint density at radius 2 is 1.48 bits per heavy atom. The van der Waals surface area contributed by atoms with Crippen LogP contribution >= 0.6 is 0 Å². The van der Waals surface area contributed by atoms with Crippen molar-refractivity contribution in [2.24, 2.45) is 0 Å². The molecule has 0 atom stereocenters. The van der Waals surface area contributed by atoms with Crippen molar-refractivity contribution in [2.75, 3.05) is 29.0 Å². The zero-order valence-corrected chi connectivity index (χ0v) is 16.9. The van der Waals surface area contributed by atoms with Crippen LogP contribution in [0.25, 0.3) is 0 Å². The molecule has 7 nitrogen and oxygen atoms in total. The van der Waals surface area contributed by atoms with Crippen molar-refractivity contribution in [2.45, 2.75) is 33.1 Å². The Hall–Kier alpha value is -3.35. The lowest BCUT2D eigenvalue weighted by Gasteiger charge is -2.10. The molecule has 7 heteroatoms. The fraction of sp³-hybridized carbons (Fsp3) is 0.318. The van der Waals surface area contributed by atoms with Gasteiger partial charge in [0.05, 0.1) is 6.54 Å². The van der Waals surface area contributed by atoms with Gasteiger partial charge in [-0.25, -0.2) is 0 Å². The number of rotatable bonds is 10. The van der Waals surface area contributed by atoms with Gasteiger partial charge in [-0.05, 0) is 55.3 Å². The molecule has 0 aromatic heterocycles. The van der Waals surface area contributed by atoms with Gasteiger partial charge in [-0.2, -0.15) is 0 Å². The molecule has 0 fully saturated rings. The predicted octanol–water partition coefficient (Wildman–Crippen LogP) is 3.62. The van der Waals surface area contributed by atoms with Gasteiger partial charge >= 0.3 is 0 Å². The second kappa shape index (κ2) is 11.5. The summed E-state index contributed by atoms with van der Waals surface area (Å²) in [6, 6.07) is 14.0. The van der Waals surface area contributed by atoms with E-state index in [9.17, 15) is 14.4 Å². The Morgan fingerprint density at radius 3 is 2.17 bits per heavy atom. The number of carbonyl (C=O) groups excluding carboxylic acids is 3. The number of hydrogen-bond donors (Lipinski definition) is 4. The van der Waals surface area contributed by atoms with Gasteiger partial charge in [0.2, 0.25) is 11.8 Å². The summed E-state index contributed by atoms with van der Waals surface area (Å²) >= 11 is 0. The van der Waals surface area contributed by atoms with Gasteiger partial charge in [-0.3, -0.25) is 14.4 Å². The van der Waals surface area contributed by atoms with Gasteiger partial charge < -0.3 is 21.3 Å². The highest BCUT2D eigenvalue weighted by atomic mass is 16.2. The van der Waals surface area contributed by atoms with Crippen LogP contribution in [0.4, 0.5) is 17.1 Å². The van der Waals surface area contributed by atoms with Gasteiger partial charge in [-0.1, -0.05) is 19.9 Å². The van der Waals surface area contributed by atoms with Crippen molar-refractivity contribution < 1.29 is 14.4 Å². The first-order chi connectivity index (χ1) is 14.0. The van der Waals surface area contributed by atoms with Crippen LogP contribution in [-0.2, 0) is 9.59 Å². The number of hydrogen-bond acceptors (Lipinski definition) is 4. The molecule has 29 heavy (non-hydrogen) atoms. The molecule has 0 bridgehead atoms. The third kappa shape index (κ3) is 7.65. The highest BCUT2D eigenvalue weighted by molar-refractivity contribution is 5.97. The minimum absolute atomic E-state index is 0.0331. The lowest BCUT2D eigenvalue weighted by Crippen LogP contribution is -2.24. The molecule has 0 heterocycles. The molecule has 0 aliphatic rings. The quantitative estimate of drug-likeness (QED) is 0.493. The summed E-state index contributed by atoms with van der Waals surface area (Å²) in [6.45, 7) is 4.65. The van der Waals surface area contributed by atoms with Gasteiger partial charge in [0.15, 0.2) is 0 Å². The van der Waals surface area contributed by atoms with Gasteiger partial charge in [0.1, 0.15) is 0 Å². The summed E-state index contributed by atoms with van der Waals surface area (Å²) in [5, 5.41) is 11.5. The lowest BCUT2D eigenvalue weighted by atomic mass is 10.2. The number of amides is 3. The maximum atomic E-state index is 12.2. The molecular formula is C22H28N4O3. The first-order valence-corrected chi connectivity index (χ1v) is 9.83. The molecule has 0 radical (unpaired) electrons. The van der Waals surface area contributed by atoms with Gasteiger partial charge in [0.25, 0.3) is 5.91 Å². The topological polar surface area (TPSA) is 99.3 Å². The fourth-order valence-electron chi connectivity index (χ4n) is 2.59. The smallest absolute Gasteiger partial charge is 0.251 e. The zero-order valence-electron chi connectivity index (χ0n) is 16.9. The Kier molecular flexibility index (Phi) is 8.69. The van der Waals surface area contributed by atoms with Crippen molar-refractivity contribution in [3.63, 3.8) is 0 Å². The second-order valence-corrected chi connectivity index (χ2v) is 6.61. The summed E-state index contributed by atoms with van der Waals surface area (Å²) < 4.78 is 0. The maximum Gasteiger partial charge on any atom is 0.251 e. The summed E-state index contributed by atoms with van der Waals surface area (Å²) in [4.78, 5) is 35.8. The first kappa shape index (κ1) is 21.9. The van der Waals surface area contributed by atoms with E-state index in [0.717, 1.165) is 18.5 Å². The molecular weight excluding hydrogens is 368 g/mol. The number of nitrogens with one attached hydrogen (secondary N) is 4. The summed E-state index contributed by atoms with van der Waals surface area (Å²) in [5.74, 6) is -0.375. The van der Waals surface area contributed by atoms with E-state index < -0.39 is 0 Å². The summed E-state index contributed by atoms with van der Waals surface area (Å²) in [5.41, 5.74) is 2.59. The van der Waals surface area contributed by atoms with E-state index in [1.165, 1.54) is 0 Å². The van der Waals surface area contributed by atoms with Crippen molar-refractivity contribution in [1.29, 1.82) is 0 Å². The number of benzene rings is 2. The third-order valence-electron chi connectivity index (χ3n) is 4.04. The van der Waals surface area contributed by atoms with Gasteiger partial charge in [0, 0.05) is 35.6 Å². The van der Waals surface area contributed by atoms with Crippen LogP contribution in [-0.4, -0.2) is 30.8 Å². The fourth-order valence-corrected chi connectivity index (χ4v) is 2.59. The minimum Gasteiger partial charge on any atom is -0.376 e. The summed E-state index contributed by atoms with van der Waals surface area (Å²) in [7, 11) is 0. The Bertz CT molecular complexity index is 834. The molecule has 0 saturated heterocycles. The van der Waals surface area contributed by atoms with Crippen molar-refractivity contribution in [3.8, 4) is 0 Å². The van der Waals surface area contributed by atoms with Crippen LogP contribution in [0.1, 0.15) is 43.5 Å². The first-order valence-electron chi connectivity index (χ1n) is 9.83. The lowest BCUT2D eigenvalue weighted by molar-refractivity contribution is -0.116. The third-order valence-corrected chi connectivity index (χ3v) is 4.04. The molecule has 3 amide bonds. The number of anilines is 3. The van der Waals surface area contributed by atoms with Crippen LogP contribution < -0.4 is 21.3 Å².